The predicted octanol–water partition coefficient (Wildman–Crippen LogP) is 3.78. The van der Waals surface area contributed by atoms with Gasteiger partial charge in [0.1, 0.15) is 0 Å². The van der Waals surface area contributed by atoms with Gasteiger partial charge in [-0.1, -0.05) is 37.8 Å². The highest BCUT2D eigenvalue weighted by atomic mass is 19.2. The van der Waals surface area contributed by atoms with Crippen LogP contribution in [0.5, 0.6) is 0 Å². The van der Waals surface area contributed by atoms with Crippen LogP contribution in [0.3, 0.4) is 0 Å². The van der Waals surface area contributed by atoms with E-state index in [1.165, 1.54) is 11.3 Å². The van der Waals surface area contributed by atoms with Gasteiger partial charge in [0.2, 0.25) is 0 Å². The van der Waals surface area contributed by atoms with Crippen molar-refractivity contribution in [3.63, 3.8) is 0 Å². The molecule has 79 valence electrons. The summed E-state index contributed by atoms with van der Waals surface area (Å²) in [5, 5.41) is 0. The summed E-state index contributed by atoms with van der Waals surface area (Å²) in [7, 11) is -1.00. The molecule has 1 nitrogen and oxygen atoms in total. The molecule has 0 saturated heterocycles. The van der Waals surface area contributed by atoms with Gasteiger partial charge in [-0.2, -0.15) is 0 Å². The Hall–Kier alpha value is -1.58. The molecule has 1 radical (unpaired) electrons. The van der Waals surface area contributed by atoms with E-state index in [0.29, 0.717) is 0 Å². The Morgan fingerprint density at radius 2 is 1.53 bits per heavy atom. The maximum Gasteiger partial charge on any atom is 0.577 e. The van der Waals surface area contributed by atoms with Gasteiger partial charge < -0.3 is 4.98 Å². The van der Waals surface area contributed by atoms with Crippen molar-refractivity contribution in [1.29, 1.82) is 0 Å². The first-order valence-corrected chi connectivity index (χ1v) is 4.09. The van der Waals surface area contributed by atoms with E-state index in [9.17, 15) is 8.63 Å². The molecule has 0 spiro atoms. The second-order valence-corrected chi connectivity index (χ2v) is 2.53. The molecule has 1 aromatic heterocycles. The largest absolute Gasteiger partial charge is 0.577 e. The van der Waals surface area contributed by atoms with Gasteiger partial charge in [0, 0.05) is 11.9 Å². The predicted molar refractivity (Wildman–Crippen MR) is 60.9 cm³/mol. The molecule has 1 aromatic carbocycles. The van der Waals surface area contributed by atoms with Crippen molar-refractivity contribution < 1.29 is 8.63 Å². The Morgan fingerprint density at radius 3 is 2.00 bits per heavy atom. The summed E-state index contributed by atoms with van der Waals surface area (Å²) in [5.74, 6) is 0. The van der Waals surface area contributed by atoms with E-state index in [1.54, 1.807) is 0 Å². The SMILES string of the molecule is C.F[B]F.c1ccc(-c2ccc[nH]2)cc1. The normalized spacial score (nSPS) is 8.13. The van der Waals surface area contributed by atoms with Crippen molar-refractivity contribution in [2.24, 2.45) is 0 Å². The number of H-pyrrole nitrogens is 1. The topological polar surface area (TPSA) is 15.8 Å². The molecule has 4 heteroatoms. The number of nitrogens with one attached hydrogen (secondary N) is 1. The maximum absolute atomic E-state index is 9.50. The van der Waals surface area contributed by atoms with Crippen molar-refractivity contribution in [1.82, 2.24) is 4.98 Å². The molecule has 0 unspecified atom stereocenters. The first kappa shape index (κ1) is 13.4. The molecule has 0 bridgehead atoms. The minimum absolute atomic E-state index is 0. The summed E-state index contributed by atoms with van der Waals surface area (Å²) in [5.41, 5.74) is 2.41. The number of benzene rings is 1. The fourth-order valence-corrected chi connectivity index (χ4v) is 1.13. The van der Waals surface area contributed by atoms with Crippen LogP contribution in [0.15, 0.2) is 48.7 Å². The van der Waals surface area contributed by atoms with Gasteiger partial charge in [-0.25, -0.2) is 0 Å². The Bertz CT molecular complexity index is 335. The van der Waals surface area contributed by atoms with E-state index >= 15 is 0 Å². The van der Waals surface area contributed by atoms with E-state index in [2.05, 4.69) is 23.2 Å². The van der Waals surface area contributed by atoms with Crippen LogP contribution in [0.25, 0.3) is 11.3 Å². The van der Waals surface area contributed by atoms with Gasteiger partial charge in [-0.3, -0.25) is 8.63 Å². The molecule has 0 amide bonds. The van der Waals surface area contributed by atoms with Crippen molar-refractivity contribution in [3.8, 4) is 11.3 Å². The van der Waals surface area contributed by atoms with Crippen LogP contribution < -0.4 is 0 Å². The lowest BCUT2D eigenvalue weighted by atomic mass is 10.2. The molecule has 0 fully saturated rings. The quantitative estimate of drug-likeness (QED) is 0.686. The third kappa shape index (κ3) is 4.45. The summed E-state index contributed by atoms with van der Waals surface area (Å²) in [6.07, 6.45) is 1.93. The van der Waals surface area contributed by atoms with Crippen molar-refractivity contribution in [2.45, 2.75) is 7.43 Å². The highest BCUT2D eigenvalue weighted by Crippen LogP contribution is 2.14. The van der Waals surface area contributed by atoms with E-state index in [-0.39, 0.29) is 7.43 Å². The Balaban J connectivity index is 0.000000443. The molecule has 15 heavy (non-hydrogen) atoms. The van der Waals surface area contributed by atoms with Crippen molar-refractivity contribution in [2.75, 3.05) is 0 Å². The molecule has 1 heterocycles. The fourth-order valence-electron chi connectivity index (χ4n) is 1.13. The molecule has 1 N–H and O–H groups in total. The average Bonchev–Trinajstić information content (AvgIpc) is 2.73. The second-order valence-electron chi connectivity index (χ2n) is 2.53. The smallest absolute Gasteiger partial charge is 0.361 e. The molecule has 2 rings (SSSR count). The lowest BCUT2D eigenvalue weighted by Crippen LogP contribution is -1.73. The van der Waals surface area contributed by atoms with Crippen LogP contribution in [-0.2, 0) is 0 Å². The minimum Gasteiger partial charge on any atom is -0.361 e. The summed E-state index contributed by atoms with van der Waals surface area (Å²) in [6.45, 7) is 0. The van der Waals surface area contributed by atoms with Gasteiger partial charge >= 0.3 is 7.83 Å². The third-order valence-corrected chi connectivity index (χ3v) is 1.68. The summed E-state index contributed by atoms with van der Waals surface area (Å²) in [6, 6.07) is 14.3. The van der Waals surface area contributed by atoms with Crippen molar-refractivity contribution >= 4 is 7.83 Å². The van der Waals surface area contributed by atoms with E-state index in [1.807, 2.05) is 30.5 Å². The highest BCUT2D eigenvalue weighted by molar-refractivity contribution is 6.15. The monoisotopic (exact) mass is 208 g/mol. The van der Waals surface area contributed by atoms with Crippen molar-refractivity contribution in [3.05, 3.63) is 48.7 Å². The molecule has 0 aliphatic heterocycles. The van der Waals surface area contributed by atoms with Crippen LogP contribution in [0.2, 0.25) is 0 Å². The average molecular weight is 208 g/mol. The van der Waals surface area contributed by atoms with E-state index in [0.717, 1.165) is 0 Å². The standard InChI is InChI=1S/C10H9N.CH4.BF2/c1-2-5-9(6-3-1)10-7-4-8-11-10;;2-1-3/h1-8,11H;1H4;. The number of hydrogen-bond donors (Lipinski definition) is 1. The highest BCUT2D eigenvalue weighted by Gasteiger charge is 1.92. The van der Waals surface area contributed by atoms with Gasteiger partial charge in [-0.05, 0) is 17.7 Å². The number of rotatable bonds is 1. The first-order valence-electron chi connectivity index (χ1n) is 4.09. The Labute approximate surface area is 89.5 Å². The molecule has 0 aliphatic rings. The summed E-state index contributed by atoms with van der Waals surface area (Å²) in [4.78, 5) is 3.15. The van der Waals surface area contributed by atoms with E-state index < -0.39 is 7.83 Å². The molecule has 0 aliphatic carbocycles. The Kier molecular flexibility index (Phi) is 6.98. The zero-order valence-corrected chi connectivity index (χ0v) is 7.45. The lowest BCUT2D eigenvalue weighted by molar-refractivity contribution is 0.712. The second kappa shape index (κ2) is 7.79. The molecular formula is C11H13BF2N. The van der Waals surface area contributed by atoms with Crippen LogP contribution in [-0.4, -0.2) is 12.8 Å². The van der Waals surface area contributed by atoms with Gasteiger partial charge in [-0.15, -0.1) is 0 Å². The number of aromatic nitrogens is 1. The first-order chi connectivity index (χ1) is 6.88. The molecular weight excluding hydrogens is 195 g/mol. The fraction of sp³-hybridized carbons (Fsp3) is 0.0909. The van der Waals surface area contributed by atoms with Crippen LogP contribution in [0.4, 0.5) is 8.63 Å². The van der Waals surface area contributed by atoms with E-state index in [4.69, 9.17) is 0 Å². The number of aromatic amines is 1. The van der Waals surface area contributed by atoms with Gasteiger partial charge in [0.05, 0.1) is 0 Å². The molecule has 2 aromatic rings. The minimum atomic E-state index is -1.00. The van der Waals surface area contributed by atoms with Crippen LogP contribution in [0.1, 0.15) is 7.43 Å². The summed E-state index contributed by atoms with van der Waals surface area (Å²) < 4.78 is 19.0. The molecule has 0 saturated carbocycles. The maximum atomic E-state index is 9.50. The van der Waals surface area contributed by atoms with Crippen LogP contribution >= 0.6 is 0 Å². The molecule has 0 atom stereocenters. The zero-order valence-electron chi connectivity index (χ0n) is 7.45. The van der Waals surface area contributed by atoms with Gasteiger partial charge in [0.25, 0.3) is 0 Å². The zero-order chi connectivity index (χ0) is 10.2. The van der Waals surface area contributed by atoms with Gasteiger partial charge in [0.15, 0.2) is 0 Å². The summed E-state index contributed by atoms with van der Waals surface area (Å²) >= 11 is 0. The lowest BCUT2D eigenvalue weighted by Gasteiger charge is -1.94. The third-order valence-electron chi connectivity index (χ3n) is 1.68. The van der Waals surface area contributed by atoms with Crippen LogP contribution in [0, 0.1) is 0 Å². The number of hydrogen-bond acceptors (Lipinski definition) is 0. The Morgan fingerprint density at radius 1 is 0.933 bits per heavy atom. The number of halogens is 2.